The van der Waals surface area contributed by atoms with Crippen LogP contribution in [0, 0.1) is 5.92 Å². The number of aliphatic hydroxyl groups is 1. The van der Waals surface area contributed by atoms with Crippen LogP contribution in [0.1, 0.15) is 36.4 Å². The molecule has 1 fully saturated rings. The first-order chi connectivity index (χ1) is 11.7. The molecule has 2 atom stereocenters. The lowest BCUT2D eigenvalue weighted by molar-refractivity contribution is -0.135. The number of hydrogen-bond donors (Lipinski definition) is 2. The minimum atomic E-state index is -0.577. The Morgan fingerprint density at radius 3 is 2.92 bits per heavy atom. The summed E-state index contributed by atoms with van der Waals surface area (Å²) in [7, 11) is 1.56. The van der Waals surface area contributed by atoms with Gasteiger partial charge in [0.15, 0.2) is 0 Å². The number of nitrogens with zero attached hydrogens (tertiary/aromatic N) is 1. The van der Waals surface area contributed by atoms with Crippen LogP contribution in [0.4, 0.5) is 0 Å². The van der Waals surface area contributed by atoms with Crippen molar-refractivity contribution in [2.75, 3.05) is 33.4 Å². The minimum absolute atomic E-state index is 0.131. The smallest absolute Gasteiger partial charge is 0.237 e. The second-order valence-corrected chi connectivity index (χ2v) is 6.91. The van der Waals surface area contributed by atoms with Gasteiger partial charge in [-0.15, -0.1) is 0 Å². The lowest BCUT2D eigenvalue weighted by Gasteiger charge is -2.45. The number of benzene rings is 1. The predicted octanol–water partition coefficient (Wildman–Crippen LogP) is 1.51. The molecule has 0 bridgehead atoms. The van der Waals surface area contributed by atoms with Crippen LogP contribution in [0.3, 0.4) is 0 Å². The zero-order valence-corrected chi connectivity index (χ0v) is 14.4. The molecule has 24 heavy (non-hydrogen) atoms. The van der Waals surface area contributed by atoms with Crippen LogP contribution in [-0.4, -0.2) is 55.4 Å². The Hall–Kier alpha value is -1.43. The fraction of sp³-hybridized carbons (Fsp3) is 0.632. The third kappa shape index (κ3) is 3.79. The third-order valence-electron chi connectivity index (χ3n) is 5.26. The van der Waals surface area contributed by atoms with Gasteiger partial charge in [-0.3, -0.25) is 4.79 Å². The topological polar surface area (TPSA) is 61.8 Å². The average Bonchev–Trinajstić information content (AvgIpc) is 2.53. The van der Waals surface area contributed by atoms with E-state index < -0.39 is 6.10 Å². The van der Waals surface area contributed by atoms with Gasteiger partial charge in [-0.2, -0.15) is 0 Å². The van der Waals surface area contributed by atoms with Crippen molar-refractivity contribution in [3.05, 3.63) is 35.4 Å². The molecule has 1 aliphatic carbocycles. The standard InChI is InChI=1S/C19H28N2O3/c1-24-13-16(22)11-20-12-18(23)21-10-9-14-5-2-3-8-17(14)19(21)15-6-4-7-15/h2-3,5,8,15-16,19-20,22H,4,6-7,9-13H2,1H3. The largest absolute Gasteiger partial charge is 0.389 e. The maximum absolute atomic E-state index is 12.8. The molecule has 5 heteroatoms. The number of nitrogens with one attached hydrogen (secondary N) is 1. The Morgan fingerprint density at radius 1 is 1.42 bits per heavy atom. The highest BCUT2D eigenvalue weighted by atomic mass is 16.5. The highest BCUT2D eigenvalue weighted by Gasteiger charge is 2.38. The van der Waals surface area contributed by atoms with Gasteiger partial charge in [0.25, 0.3) is 0 Å². The molecule has 0 spiro atoms. The maximum atomic E-state index is 12.8. The van der Waals surface area contributed by atoms with Crippen molar-refractivity contribution in [1.82, 2.24) is 10.2 Å². The number of rotatable bonds is 7. The molecule has 0 radical (unpaired) electrons. The summed E-state index contributed by atoms with van der Waals surface area (Å²) in [6.07, 6.45) is 4.04. The number of fused-ring (bicyclic) bond motifs is 1. The number of carbonyl (C=O) groups is 1. The third-order valence-corrected chi connectivity index (χ3v) is 5.26. The van der Waals surface area contributed by atoms with Gasteiger partial charge < -0.3 is 20.1 Å². The quantitative estimate of drug-likeness (QED) is 0.794. The molecule has 2 aliphatic rings. The van der Waals surface area contributed by atoms with Crippen molar-refractivity contribution in [3.63, 3.8) is 0 Å². The summed E-state index contributed by atoms with van der Waals surface area (Å²) >= 11 is 0. The number of hydrogen-bond acceptors (Lipinski definition) is 4. The number of amides is 1. The van der Waals surface area contributed by atoms with E-state index in [4.69, 9.17) is 4.74 Å². The van der Waals surface area contributed by atoms with Crippen LogP contribution in [0.15, 0.2) is 24.3 Å². The Morgan fingerprint density at radius 2 is 2.21 bits per heavy atom. The number of aliphatic hydroxyl groups excluding tert-OH is 1. The summed E-state index contributed by atoms with van der Waals surface area (Å²) in [5.74, 6) is 0.723. The van der Waals surface area contributed by atoms with Crippen LogP contribution in [0.2, 0.25) is 0 Å². The van der Waals surface area contributed by atoms with Crippen molar-refractivity contribution in [2.24, 2.45) is 5.92 Å². The summed E-state index contributed by atoms with van der Waals surface area (Å²) in [5.41, 5.74) is 2.73. The molecule has 0 saturated heterocycles. The summed E-state index contributed by atoms with van der Waals surface area (Å²) in [6.45, 7) is 1.71. The lowest BCUT2D eigenvalue weighted by Crippen LogP contribution is -2.48. The summed E-state index contributed by atoms with van der Waals surface area (Å²) in [6, 6.07) is 8.78. The zero-order valence-electron chi connectivity index (χ0n) is 14.4. The van der Waals surface area contributed by atoms with Crippen molar-refractivity contribution in [1.29, 1.82) is 0 Å². The van der Waals surface area contributed by atoms with Crippen LogP contribution < -0.4 is 5.32 Å². The summed E-state index contributed by atoms with van der Waals surface area (Å²) in [5, 5.41) is 12.7. The van der Waals surface area contributed by atoms with Gasteiger partial charge in [0, 0.05) is 20.2 Å². The summed E-state index contributed by atoms with van der Waals surface area (Å²) < 4.78 is 4.90. The minimum Gasteiger partial charge on any atom is -0.389 e. The Labute approximate surface area is 144 Å². The highest BCUT2D eigenvalue weighted by molar-refractivity contribution is 5.79. The molecule has 1 amide bonds. The normalized spacial score (nSPS) is 21.9. The van der Waals surface area contributed by atoms with Crippen LogP contribution in [0.5, 0.6) is 0 Å². The predicted molar refractivity (Wildman–Crippen MR) is 92.7 cm³/mol. The number of carbonyl (C=O) groups excluding carboxylic acids is 1. The molecular weight excluding hydrogens is 304 g/mol. The monoisotopic (exact) mass is 332 g/mol. The van der Waals surface area contributed by atoms with Crippen LogP contribution >= 0.6 is 0 Å². The van der Waals surface area contributed by atoms with E-state index in [9.17, 15) is 9.90 Å². The van der Waals surface area contributed by atoms with Crippen molar-refractivity contribution >= 4 is 5.91 Å². The first kappa shape index (κ1) is 17.4. The van der Waals surface area contributed by atoms with E-state index in [0.717, 1.165) is 13.0 Å². The van der Waals surface area contributed by atoms with E-state index >= 15 is 0 Å². The van der Waals surface area contributed by atoms with Crippen molar-refractivity contribution < 1.29 is 14.6 Å². The number of methoxy groups -OCH3 is 1. The fourth-order valence-corrected chi connectivity index (χ4v) is 3.84. The van der Waals surface area contributed by atoms with Gasteiger partial charge in [-0.05, 0) is 36.3 Å². The average molecular weight is 332 g/mol. The Kier molecular flexibility index (Phi) is 5.87. The molecule has 1 saturated carbocycles. The van der Waals surface area contributed by atoms with Crippen molar-refractivity contribution in [3.8, 4) is 0 Å². The molecule has 132 valence electrons. The Bertz CT molecular complexity index is 559. The van der Waals surface area contributed by atoms with Gasteiger partial charge in [0.1, 0.15) is 0 Å². The molecular formula is C19H28N2O3. The Balaban J connectivity index is 1.64. The van der Waals surface area contributed by atoms with E-state index in [1.165, 1.54) is 30.4 Å². The van der Waals surface area contributed by atoms with Crippen LogP contribution in [0.25, 0.3) is 0 Å². The molecule has 5 nitrogen and oxygen atoms in total. The first-order valence-corrected chi connectivity index (χ1v) is 8.95. The van der Waals surface area contributed by atoms with E-state index in [2.05, 4.69) is 34.5 Å². The van der Waals surface area contributed by atoms with Gasteiger partial charge in [0.05, 0.1) is 25.3 Å². The second-order valence-electron chi connectivity index (χ2n) is 6.91. The van der Waals surface area contributed by atoms with Gasteiger partial charge in [0.2, 0.25) is 5.91 Å². The van der Waals surface area contributed by atoms with E-state index in [1.54, 1.807) is 7.11 Å². The fourth-order valence-electron chi connectivity index (χ4n) is 3.84. The van der Waals surface area contributed by atoms with Crippen LogP contribution in [-0.2, 0) is 16.0 Å². The van der Waals surface area contributed by atoms with E-state index in [-0.39, 0.29) is 25.1 Å². The molecule has 3 rings (SSSR count). The van der Waals surface area contributed by atoms with Crippen molar-refractivity contribution in [2.45, 2.75) is 37.8 Å². The molecule has 1 aliphatic heterocycles. The zero-order chi connectivity index (χ0) is 16.9. The lowest BCUT2D eigenvalue weighted by atomic mass is 9.74. The molecule has 2 N–H and O–H groups in total. The molecule has 0 aromatic heterocycles. The van der Waals surface area contributed by atoms with Gasteiger partial charge >= 0.3 is 0 Å². The number of ether oxygens (including phenoxy) is 1. The van der Waals surface area contributed by atoms with E-state index in [0.29, 0.717) is 12.5 Å². The van der Waals surface area contributed by atoms with Gasteiger partial charge in [-0.1, -0.05) is 30.7 Å². The molecule has 1 aromatic rings. The molecule has 1 heterocycles. The second kappa shape index (κ2) is 8.10. The SMILES string of the molecule is COCC(O)CNCC(=O)N1CCc2ccccc2C1C1CCC1. The van der Waals surface area contributed by atoms with Gasteiger partial charge in [-0.25, -0.2) is 0 Å². The first-order valence-electron chi connectivity index (χ1n) is 8.95. The van der Waals surface area contributed by atoms with E-state index in [1.807, 2.05) is 0 Å². The molecule has 1 aromatic carbocycles. The maximum Gasteiger partial charge on any atom is 0.237 e. The summed E-state index contributed by atoms with van der Waals surface area (Å²) in [4.78, 5) is 14.8. The highest BCUT2D eigenvalue weighted by Crippen LogP contribution is 2.44. The molecule has 2 unspecified atom stereocenters.